The lowest BCUT2D eigenvalue weighted by molar-refractivity contribution is -0.856. The molecular formula is C14H25N4O3S2+. The van der Waals surface area contributed by atoms with E-state index in [1.54, 1.807) is 12.1 Å². The van der Waals surface area contributed by atoms with E-state index in [-0.39, 0.29) is 4.90 Å². The molecule has 0 unspecified atom stereocenters. The van der Waals surface area contributed by atoms with Gasteiger partial charge >= 0.3 is 0 Å². The summed E-state index contributed by atoms with van der Waals surface area (Å²) < 4.78 is 31.0. The number of sulfonamides is 1. The fourth-order valence-corrected chi connectivity index (χ4v) is 3.05. The van der Waals surface area contributed by atoms with Crippen molar-refractivity contribution in [2.75, 3.05) is 53.7 Å². The van der Waals surface area contributed by atoms with Crippen molar-refractivity contribution in [3.8, 4) is 5.75 Å². The Morgan fingerprint density at radius 2 is 2.00 bits per heavy atom. The van der Waals surface area contributed by atoms with Crippen molar-refractivity contribution in [1.29, 1.82) is 0 Å². The number of ether oxygens (including phenoxy) is 1. The molecular weight excluding hydrogens is 336 g/mol. The lowest BCUT2D eigenvalue weighted by Gasteiger charge is -2.17. The molecule has 0 heterocycles. The van der Waals surface area contributed by atoms with Crippen LogP contribution in [0.2, 0.25) is 0 Å². The SMILES string of the molecule is COc1ccc(NC(=S)NCC[NH+](C)C)cc1S(=O)(=O)N(C)C. The summed E-state index contributed by atoms with van der Waals surface area (Å²) in [6, 6.07) is 4.84. The molecule has 0 amide bonds. The fraction of sp³-hybridized carbons (Fsp3) is 0.500. The van der Waals surface area contributed by atoms with Crippen molar-refractivity contribution in [3.63, 3.8) is 0 Å². The highest BCUT2D eigenvalue weighted by Crippen LogP contribution is 2.28. The van der Waals surface area contributed by atoms with E-state index in [1.165, 1.54) is 32.2 Å². The van der Waals surface area contributed by atoms with Crippen LogP contribution < -0.4 is 20.3 Å². The van der Waals surface area contributed by atoms with E-state index in [0.29, 0.717) is 16.5 Å². The number of likely N-dealkylation sites (N-methyl/N-ethyl adjacent to an activating group) is 1. The van der Waals surface area contributed by atoms with Crippen LogP contribution in [0.25, 0.3) is 0 Å². The van der Waals surface area contributed by atoms with Crippen molar-refractivity contribution < 1.29 is 18.1 Å². The highest BCUT2D eigenvalue weighted by Gasteiger charge is 2.22. The maximum absolute atomic E-state index is 12.4. The quantitative estimate of drug-likeness (QED) is 0.562. The fourth-order valence-electron chi connectivity index (χ4n) is 1.75. The van der Waals surface area contributed by atoms with E-state index in [1.807, 2.05) is 0 Å². The molecule has 0 spiro atoms. The van der Waals surface area contributed by atoms with E-state index in [0.717, 1.165) is 17.4 Å². The number of benzene rings is 1. The molecule has 1 aromatic carbocycles. The Bertz CT molecular complexity index is 645. The molecule has 0 fully saturated rings. The van der Waals surface area contributed by atoms with Crippen LogP contribution >= 0.6 is 12.2 Å². The number of hydrogen-bond acceptors (Lipinski definition) is 4. The molecule has 0 aliphatic rings. The smallest absolute Gasteiger partial charge is 0.246 e. The molecule has 0 atom stereocenters. The highest BCUT2D eigenvalue weighted by molar-refractivity contribution is 7.89. The van der Waals surface area contributed by atoms with Crippen LogP contribution in [0.5, 0.6) is 5.75 Å². The molecule has 3 N–H and O–H groups in total. The van der Waals surface area contributed by atoms with Gasteiger partial charge in [0.25, 0.3) is 0 Å². The van der Waals surface area contributed by atoms with Crippen LogP contribution in [0.3, 0.4) is 0 Å². The van der Waals surface area contributed by atoms with Crippen molar-refractivity contribution in [3.05, 3.63) is 18.2 Å². The predicted octanol–water partition coefficient (Wildman–Crippen LogP) is -0.624. The summed E-state index contributed by atoms with van der Waals surface area (Å²) in [4.78, 5) is 1.40. The second kappa shape index (κ2) is 8.44. The van der Waals surface area contributed by atoms with Crippen LogP contribution in [-0.4, -0.2) is 66.2 Å². The first kappa shape index (κ1) is 19.6. The summed E-state index contributed by atoms with van der Waals surface area (Å²) in [5.41, 5.74) is 0.584. The Morgan fingerprint density at radius 1 is 1.35 bits per heavy atom. The molecule has 1 rings (SSSR count). The van der Waals surface area contributed by atoms with Gasteiger partial charge in [0.05, 0.1) is 34.3 Å². The van der Waals surface area contributed by atoms with Gasteiger partial charge in [-0.1, -0.05) is 0 Å². The third-order valence-electron chi connectivity index (χ3n) is 3.09. The Labute approximate surface area is 143 Å². The van der Waals surface area contributed by atoms with E-state index in [4.69, 9.17) is 17.0 Å². The molecule has 0 aliphatic heterocycles. The van der Waals surface area contributed by atoms with Crippen LogP contribution in [0.4, 0.5) is 5.69 Å². The Kier molecular flexibility index (Phi) is 7.20. The van der Waals surface area contributed by atoms with Crippen LogP contribution in [0, 0.1) is 0 Å². The summed E-state index contributed by atoms with van der Waals surface area (Å²) in [6.45, 7) is 1.65. The van der Waals surface area contributed by atoms with Crippen molar-refractivity contribution >= 4 is 33.0 Å². The van der Waals surface area contributed by atoms with Gasteiger partial charge in [-0.2, -0.15) is 0 Å². The van der Waals surface area contributed by atoms with Gasteiger partial charge in [-0.25, -0.2) is 12.7 Å². The molecule has 23 heavy (non-hydrogen) atoms. The summed E-state index contributed by atoms with van der Waals surface area (Å²) in [7, 11) is 4.90. The first-order chi connectivity index (χ1) is 10.7. The van der Waals surface area contributed by atoms with E-state index >= 15 is 0 Å². The van der Waals surface area contributed by atoms with Crippen LogP contribution in [0.1, 0.15) is 0 Å². The van der Waals surface area contributed by atoms with E-state index < -0.39 is 10.0 Å². The predicted molar refractivity (Wildman–Crippen MR) is 95.8 cm³/mol. The monoisotopic (exact) mass is 361 g/mol. The Balaban J connectivity index is 2.92. The molecule has 0 aromatic heterocycles. The topological polar surface area (TPSA) is 75.1 Å². The number of thiocarbonyl (C=S) groups is 1. The van der Waals surface area contributed by atoms with Crippen LogP contribution in [0.15, 0.2) is 23.1 Å². The number of nitrogens with one attached hydrogen (secondary N) is 3. The molecule has 0 radical (unpaired) electrons. The van der Waals surface area contributed by atoms with Gasteiger partial charge in [0.15, 0.2) is 5.11 Å². The second-order valence-electron chi connectivity index (χ2n) is 5.49. The molecule has 130 valence electrons. The zero-order valence-corrected chi connectivity index (χ0v) is 15.8. The lowest BCUT2D eigenvalue weighted by Crippen LogP contribution is -3.06. The minimum absolute atomic E-state index is 0.0931. The third-order valence-corrected chi connectivity index (χ3v) is 5.17. The molecule has 7 nitrogen and oxygen atoms in total. The zero-order valence-electron chi connectivity index (χ0n) is 14.1. The molecule has 9 heteroatoms. The normalized spacial score (nSPS) is 11.6. The maximum Gasteiger partial charge on any atom is 0.246 e. The molecule has 0 saturated heterocycles. The minimum atomic E-state index is -3.60. The summed E-state index contributed by atoms with van der Waals surface area (Å²) in [6.07, 6.45) is 0. The first-order valence-corrected chi connectivity index (χ1v) is 8.97. The lowest BCUT2D eigenvalue weighted by atomic mass is 10.3. The molecule has 0 aliphatic carbocycles. The summed E-state index contributed by atoms with van der Waals surface area (Å²) in [5, 5.41) is 6.52. The van der Waals surface area contributed by atoms with Crippen molar-refractivity contribution in [2.45, 2.75) is 4.90 Å². The Morgan fingerprint density at radius 3 is 2.52 bits per heavy atom. The largest absolute Gasteiger partial charge is 0.495 e. The van der Waals surface area contributed by atoms with Gasteiger partial charge in [0.2, 0.25) is 10.0 Å². The molecule has 0 saturated carbocycles. The van der Waals surface area contributed by atoms with Gasteiger partial charge < -0.3 is 20.3 Å². The standard InChI is InChI=1S/C14H24N4O3S2/c1-17(2)9-8-15-14(22)16-11-6-7-12(21-5)13(10-11)23(19,20)18(3)4/h6-7,10H,8-9H2,1-5H3,(H2,15,16,22)/p+1. The highest BCUT2D eigenvalue weighted by atomic mass is 32.2. The van der Waals surface area contributed by atoms with Crippen molar-refractivity contribution in [1.82, 2.24) is 9.62 Å². The van der Waals surface area contributed by atoms with Gasteiger partial charge in [-0.15, -0.1) is 0 Å². The number of anilines is 1. The summed E-state index contributed by atoms with van der Waals surface area (Å²) in [5.74, 6) is 0.291. The number of methoxy groups -OCH3 is 1. The summed E-state index contributed by atoms with van der Waals surface area (Å²) >= 11 is 5.21. The average molecular weight is 362 g/mol. The number of nitrogens with zero attached hydrogens (tertiary/aromatic N) is 1. The minimum Gasteiger partial charge on any atom is -0.495 e. The third kappa shape index (κ3) is 5.61. The van der Waals surface area contributed by atoms with E-state index in [9.17, 15) is 8.42 Å². The zero-order chi connectivity index (χ0) is 17.6. The maximum atomic E-state index is 12.4. The Hall–Kier alpha value is -1.42. The van der Waals surface area contributed by atoms with Gasteiger partial charge in [-0.05, 0) is 30.4 Å². The second-order valence-corrected chi connectivity index (χ2v) is 8.02. The molecule has 1 aromatic rings. The number of hydrogen-bond donors (Lipinski definition) is 3. The van der Waals surface area contributed by atoms with Gasteiger partial charge in [-0.3, -0.25) is 0 Å². The molecule has 0 bridgehead atoms. The number of rotatable bonds is 7. The van der Waals surface area contributed by atoms with Gasteiger partial charge in [0.1, 0.15) is 10.6 Å². The van der Waals surface area contributed by atoms with E-state index in [2.05, 4.69) is 24.7 Å². The first-order valence-electron chi connectivity index (χ1n) is 7.13. The van der Waals surface area contributed by atoms with Crippen LogP contribution in [-0.2, 0) is 10.0 Å². The van der Waals surface area contributed by atoms with Gasteiger partial charge in [0, 0.05) is 19.8 Å². The van der Waals surface area contributed by atoms with Crippen molar-refractivity contribution in [2.24, 2.45) is 0 Å². The average Bonchev–Trinajstić information content (AvgIpc) is 2.46. The number of quaternary nitrogens is 1.